The predicted octanol–water partition coefficient (Wildman–Crippen LogP) is 2.17. The lowest BCUT2D eigenvalue weighted by molar-refractivity contribution is -0.138. The maximum atomic E-state index is 13.3. The minimum atomic E-state index is -0.621. The Morgan fingerprint density at radius 2 is 2.17 bits per heavy atom. The minimum absolute atomic E-state index is 0.185. The van der Waals surface area contributed by atoms with Gasteiger partial charge in [-0.2, -0.15) is 0 Å². The van der Waals surface area contributed by atoms with Crippen molar-refractivity contribution < 1.29 is 18.3 Å². The first-order chi connectivity index (χ1) is 8.54. The summed E-state index contributed by atoms with van der Waals surface area (Å²) in [5.41, 5.74) is 0.590. The first-order valence-electron chi connectivity index (χ1n) is 5.54. The van der Waals surface area contributed by atoms with Gasteiger partial charge in [0.25, 0.3) is 0 Å². The molecule has 98 valence electrons. The van der Waals surface area contributed by atoms with Crippen LogP contribution >= 0.6 is 0 Å². The molecule has 3 nitrogen and oxygen atoms in total. The molecule has 0 unspecified atom stereocenters. The summed E-state index contributed by atoms with van der Waals surface area (Å²) in [6.45, 7) is 5.91. The molecule has 5 heteroatoms. The van der Waals surface area contributed by atoms with Gasteiger partial charge in [0.05, 0.1) is 6.61 Å². The van der Waals surface area contributed by atoms with E-state index in [2.05, 4.69) is 11.9 Å². The highest BCUT2D eigenvalue weighted by atomic mass is 19.1. The van der Waals surface area contributed by atoms with Crippen molar-refractivity contribution in [1.29, 1.82) is 0 Å². The van der Waals surface area contributed by atoms with Crippen molar-refractivity contribution in [3.05, 3.63) is 47.5 Å². The van der Waals surface area contributed by atoms with Crippen molar-refractivity contribution in [3.8, 4) is 0 Å². The molecule has 0 aromatic heterocycles. The summed E-state index contributed by atoms with van der Waals surface area (Å²) in [6, 6.07) is 3.35. The van der Waals surface area contributed by atoms with E-state index in [-0.39, 0.29) is 25.3 Å². The van der Waals surface area contributed by atoms with Crippen LogP contribution in [0.15, 0.2) is 30.4 Å². The van der Waals surface area contributed by atoms with E-state index >= 15 is 0 Å². The number of carbonyl (C=O) groups is 1. The molecule has 1 aromatic carbocycles. The Morgan fingerprint density at radius 1 is 1.44 bits per heavy atom. The zero-order valence-electron chi connectivity index (χ0n) is 10.1. The van der Waals surface area contributed by atoms with Crippen LogP contribution in [0.4, 0.5) is 8.78 Å². The Bertz CT molecular complexity index is 447. The molecule has 1 aromatic rings. The molecule has 0 aliphatic rings. The van der Waals surface area contributed by atoms with Crippen molar-refractivity contribution in [2.45, 2.75) is 13.5 Å². The summed E-state index contributed by atoms with van der Waals surface area (Å²) in [5.74, 6) is -1.72. The molecular weight excluding hydrogens is 240 g/mol. The molecule has 0 saturated carbocycles. The number of hydrogen-bond acceptors (Lipinski definition) is 3. The highest BCUT2D eigenvalue weighted by Crippen LogP contribution is 2.09. The van der Waals surface area contributed by atoms with Gasteiger partial charge in [0.15, 0.2) is 0 Å². The summed E-state index contributed by atoms with van der Waals surface area (Å²) in [4.78, 5) is 11.2. The van der Waals surface area contributed by atoms with Crippen molar-refractivity contribution >= 4 is 5.97 Å². The number of nitrogens with one attached hydrogen (secondary N) is 1. The fraction of sp³-hybridized carbons (Fsp3) is 0.308. The average Bonchev–Trinajstić information content (AvgIpc) is 2.32. The van der Waals surface area contributed by atoms with E-state index in [1.54, 1.807) is 6.92 Å². The molecule has 0 saturated heterocycles. The summed E-state index contributed by atoms with van der Waals surface area (Å²) in [6.07, 6.45) is 0. The number of benzene rings is 1. The molecule has 0 radical (unpaired) electrons. The quantitative estimate of drug-likeness (QED) is 0.625. The van der Waals surface area contributed by atoms with Crippen LogP contribution in [-0.2, 0) is 16.1 Å². The average molecular weight is 255 g/mol. The largest absolute Gasteiger partial charge is 0.463 e. The molecule has 0 fully saturated rings. The smallest absolute Gasteiger partial charge is 0.334 e. The monoisotopic (exact) mass is 255 g/mol. The minimum Gasteiger partial charge on any atom is -0.463 e. The van der Waals surface area contributed by atoms with Gasteiger partial charge in [-0.05, 0) is 13.0 Å². The SMILES string of the molecule is C=C(CNCc1ccc(F)cc1F)C(=O)OCC. The third-order valence-electron chi connectivity index (χ3n) is 2.23. The van der Waals surface area contributed by atoms with Crippen LogP contribution in [-0.4, -0.2) is 19.1 Å². The van der Waals surface area contributed by atoms with E-state index in [1.807, 2.05) is 0 Å². The normalized spacial score (nSPS) is 10.2. The number of halogens is 2. The van der Waals surface area contributed by atoms with Gasteiger partial charge in [-0.25, -0.2) is 13.6 Å². The molecule has 1 rings (SSSR count). The number of esters is 1. The lowest BCUT2D eigenvalue weighted by Crippen LogP contribution is -2.22. The van der Waals surface area contributed by atoms with Gasteiger partial charge < -0.3 is 10.1 Å². The molecule has 0 heterocycles. The lowest BCUT2D eigenvalue weighted by atomic mass is 10.2. The maximum Gasteiger partial charge on any atom is 0.334 e. The van der Waals surface area contributed by atoms with Gasteiger partial charge in [-0.3, -0.25) is 0 Å². The van der Waals surface area contributed by atoms with Gasteiger partial charge in [-0.1, -0.05) is 12.6 Å². The van der Waals surface area contributed by atoms with Gasteiger partial charge in [0, 0.05) is 30.3 Å². The van der Waals surface area contributed by atoms with E-state index in [0.717, 1.165) is 6.07 Å². The molecule has 0 atom stereocenters. The van der Waals surface area contributed by atoms with E-state index in [4.69, 9.17) is 4.74 Å². The highest BCUT2D eigenvalue weighted by molar-refractivity contribution is 5.88. The van der Waals surface area contributed by atoms with Crippen LogP contribution < -0.4 is 5.32 Å². The standard InChI is InChI=1S/C13H15F2NO2/c1-3-18-13(17)9(2)7-16-8-10-4-5-11(14)6-12(10)15/h4-6,16H,2-3,7-8H2,1H3. The van der Waals surface area contributed by atoms with Crippen LogP contribution in [0.25, 0.3) is 0 Å². The first-order valence-corrected chi connectivity index (χ1v) is 5.54. The van der Waals surface area contributed by atoms with Crippen LogP contribution in [0.1, 0.15) is 12.5 Å². The van der Waals surface area contributed by atoms with Gasteiger partial charge in [0.2, 0.25) is 0 Å². The number of carbonyl (C=O) groups excluding carboxylic acids is 1. The van der Waals surface area contributed by atoms with Gasteiger partial charge in [-0.15, -0.1) is 0 Å². The van der Waals surface area contributed by atoms with Crippen LogP contribution in [0, 0.1) is 11.6 Å². The second-order valence-electron chi connectivity index (χ2n) is 3.66. The molecule has 18 heavy (non-hydrogen) atoms. The number of rotatable bonds is 6. The topological polar surface area (TPSA) is 38.3 Å². The zero-order valence-corrected chi connectivity index (χ0v) is 10.1. The zero-order chi connectivity index (χ0) is 13.5. The second kappa shape index (κ2) is 6.86. The fourth-order valence-electron chi connectivity index (χ4n) is 1.32. The van der Waals surface area contributed by atoms with Crippen LogP contribution in [0.2, 0.25) is 0 Å². The Balaban J connectivity index is 2.42. The molecule has 1 N–H and O–H groups in total. The number of ether oxygens (including phenoxy) is 1. The Morgan fingerprint density at radius 3 is 2.78 bits per heavy atom. The molecule has 0 spiro atoms. The fourth-order valence-corrected chi connectivity index (χ4v) is 1.32. The molecular formula is C13H15F2NO2. The van der Waals surface area contributed by atoms with Gasteiger partial charge >= 0.3 is 5.97 Å². The van der Waals surface area contributed by atoms with E-state index in [9.17, 15) is 13.6 Å². The summed E-state index contributed by atoms with van der Waals surface area (Å²) < 4.78 is 30.7. The molecule has 0 amide bonds. The Hall–Kier alpha value is -1.75. The lowest BCUT2D eigenvalue weighted by Gasteiger charge is -2.08. The number of hydrogen-bond donors (Lipinski definition) is 1. The van der Waals surface area contributed by atoms with Crippen molar-refractivity contribution in [1.82, 2.24) is 5.32 Å². The summed E-state index contributed by atoms with van der Waals surface area (Å²) in [5, 5.41) is 2.84. The molecule has 0 aliphatic carbocycles. The Kier molecular flexibility index (Phi) is 5.45. The van der Waals surface area contributed by atoms with Gasteiger partial charge in [0.1, 0.15) is 11.6 Å². The highest BCUT2D eigenvalue weighted by Gasteiger charge is 2.08. The second-order valence-corrected chi connectivity index (χ2v) is 3.66. The molecule has 0 aliphatic heterocycles. The van der Waals surface area contributed by atoms with Crippen LogP contribution in [0.3, 0.4) is 0 Å². The van der Waals surface area contributed by atoms with Crippen molar-refractivity contribution in [3.63, 3.8) is 0 Å². The summed E-state index contributed by atoms with van der Waals surface area (Å²) >= 11 is 0. The van der Waals surface area contributed by atoms with E-state index < -0.39 is 17.6 Å². The molecule has 0 bridgehead atoms. The van der Waals surface area contributed by atoms with E-state index in [0.29, 0.717) is 5.56 Å². The van der Waals surface area contributed by atoms with E-state index in [1.165, 1.54) is 12.1 Å². The van der Waals surface area contributed by atoms with Crippen molar-refractivity contribution in [2.24, 2.45) is 0 Å². The maximum absolute atomic E-state index is 13.3. The predicted molar refractivity (Wildman–Crippen MR) is 63.8 cm³/mol. The third-order valence-corrected chi connectivity index (χ3v) is 2.23. The first kappa shape index (κ1) is 14.3. The third kappa shape index (κ3) is 4.25. The summed E-state index contributed by atoms with van der Waals surface area (Å²) in [7, 11) is 0. The Labute approximate surface area is 104 Å². The van der Waals surface area contributed by atoms with Crippen molar-refractivity contribution in [2.75, 3.05) is 13.2 Å². The van der Waals surface area contributed by atoms with Crippen LogP contribution in [0.5, 0.6) is 0 Å².